The van der Waals surface area contributed by atoms with Crippen molar-refractivity contribution in [3.63, 3.8) is 0 Å². The van der Waals surface area contributed by atoms with Crippen LogP contribution in [-0.4, -0.2) is 27.2 Å². The zero-order chi connectivity index (χ0) is 15.9. The lowest BCUT2D eigenvalue weighted by atomic mass is 9.95. The van der Waals surface area contributed by atoms with Gasteiger partial charge >= 0.3 is 0 Å². The van der Waals surface area contributed by atoms with E-state index in [0.717, 1.165) is 12.2 Å². The third-order valence-electron chi connectivity index (χ3n) is 3.69. The van der Waals surface area contributed by atoms with Crippen LogP contribution in [0.5, 0.6) is 5.75 Å². The zero-order valence-corrected chi connectivity index (χ0v) is 13.9. The fourth-order valence-electron chi connectivity index (χ4n) is 2.33. The molecular weight excluding hydrogens is 296 g/mol. The minimum Gasteiger partial charge on any atom is -0.494 e. The molecule has 0 spiro atoms. The first-order chi connectivity index (χ1) is 10.6. The molecule has 2 aromatic rings. The summed E-state index contributed by atoms with van der Waals surface area (Å²) in [6.07, 6.45) is 0.885. The van der Waals surface area contributed by atoms with Crippen LogP contribution in [-0.2, 0) is 0 Å². The van der Waals surface area contributed by atoms with Crippen molar-refractivity contribution in [1.82, 2.24) is 0 Å². The number of hydrogen-bond donors (Lipinski definition) is 1. The molecule has 0 aromatic heterocycles. The second-order valence-corrected chi connectivity index (χ2v) is 5.95. The van der Waals surface area contributed by atoms with Gasteiger partial charge in [-0.1, -0.05) is 23.7 Å². The molecule has 0 radical (unpaired) electrons. The Bertz CT molecular complexity index is 584. The van der Waals surface area contributed by atoms with Crippen molar-refractivity contribution in [1.29, 1.82) is 0 Å². The van der Waals surface area contributed by atoms with Gasteiger partial charge < -0.3 is 15.4 Å². The van der Waals surface area contributed by atoms with E-state index in [-0.39, 0.29) is 0 Å². The topological polar surface area (TPSA) is 38.5 Å². The third-order valence-corrected chi connectivity index (χ3v) is 3.94. The Morgan fingerprint density at radius 2 is 1.86 bits per heavy atom. The summed E-state index contributed by atoms with van der Waals surface area (Å²) in [5.74, 6) is 1.13. The number of halogens is 1. The number of rotatable bonds is 7. The monoisotopic (exact) mass is 318 g/mol. The summed E-state index contributed by atoms with van der Waals surface area (Å²) in [5, 5.41) is 0.715. The molecule has 22 heavy (non-hydrogen) atoms. The Balaban J connectivity index is 1.94. The molecule has 0 fully saturated rings. The van der Waals surface area contributed by atoms with Gasteiger partial charge in [0.2, 0.25) is 0 Å². The summed E-state index contributed by atoms with van der Waals surface area (Å²) in [4.78, 5) is 2.10. The maximum absolute atomic E-state index is 5.94. The molecular formula is C18H23ClN2O. The fraction of sp³-hybridized carbons (Fsp3) is 0.333. The van der Waals surface area contributed by atoms with Crippen LogP contribution in [0.3, 0.4) is 0 Å². The molecule has 4 heteroatoms. The number of benzene rings is 2. The molecule has 0 saturated heterocycles. The molecule has 118 valence electrons. The van der Waals surface area contributed by atoms with Crippen LogP contribution >= 0.6 is 11.6 Å². The molecule has 0 amide bonds. The fourth-order valence-corrected chi connectivity index (χ4v) is 2.45. The summed E-state index contributed by atoms with van der Waals surface area (Å²) >= 11 is 5.86. The number of hydrogen-bond acceptors (Lipinski definition) is 3. The van der Waals surface area contributed by atoms with Crippen molar-refractivity contribution in [3.05, 3.63) is 59.1 Å². The molecule has 3 nitrogen and oxygen atoms in total. The largest absolute Gasteiger partial charge is 0.494 e. The summed E-state index contributed by atoms with van der Waals surface area (Å²) < 4.78 is 5.77. The normalized spacial score (nSPS) is 12.0. The highest BCUT2D eigenvalue weighted by molar-refractivity contribution is 6.30. The molecule has 0 aliphatic rings. The Hall–Kier alpha value is -1.71. The lowest BCUT2D eigenvalue weighted by Crippen LogP contribution is -2.16. The van der Waals surface area contributed by atoms with E-state index in [4.69, 9.17) is 22.1 Å². The van der Waals surface area contributed by atoms with Crippen LogP contribution in [0.4, 0.5) is 5.69 Å². The molecule has 0 saturated carbocycles. The zero-order valence-electron chi connectivity index (χ0n) is 13.1. The number of ether oxygens (including phenoxy) is 1. The highest BCUT2D eigenvalue weighted by Gasteiger charge is 2.11. The van der Waals surface area contributed by atoms with Crippen LogP contribution in [0.15, 0.2) is 48.5 Å². The SMILES string of the molecule is CN(C)c1cccc(C(CN)CCOc2ccc(Cl)cc2)c1. The summed E-state index contributed by atoms with van der Waals surface area (Å²) in [7, 11) is 4.08. The highest BCUT2D eigenvalue weighted by atomic mass is 35.5. The molecule has 1 atom stereocenters. The molecule has 2 aromatic carbocycles. The molecule has 2 N–H and O–H groups in total. The predicted molar refractivity (Wildman–Crippen MR) is 94.1 cm³/mol. The summed E-state index contributed by atoms with van der Waals surface area (Å²) in [6.45, 7) is 1.25. The van der Waals surface area contributed by atoms with Crippen molar-refractivity contribution < 1.29 is 4.74 Å². The second-order valence-electron chi connectivity index (χ2n) is 5.51. The second kappa shape index (κ2) is 8.06. The Morgan fingerprint density at radius 1 is 1.14 bits per heavy atom. The van der Waals surface area contributed by atoms with Gasteiger partial charge in [0, 0.05) is 24.8 Å². The Kier molecular flexibility index (Phi) is 6.10. The summed E-state index contributed by atoms with van der Waals surface area (Å²) in [5.41, 5.74) is 8.39. The van der Waals surface area contributed by atoms with Gasteiger partial charge in [0.05, 0.1) is 6.61 Å². The summed E-state index contributed by atoms with van der Waals surface area (Å²) in [6, 6.07) is 15.9. The van der Waals surface area contributed by atoms with E-state index in [9.17, 15) is 0 Å². The predicted octanol–water partition coefficient (Wildman–Crippen LogP) is 3.92. The van der Waals surface area contributed by atoms with Gasteiger partial charge in [0.15, 0.2) is 0 Å². The van der Waals surface area contributed by atoms with Crippen LogP contribution in [0.2, 0.25) is 5.02 Å². The lowest BCUT2D eigenvalue weighted by molar-refractivity contribution is 0.298. The molecule has 1 unspecified atom stereocenters. The smallest absolute Gasteiger partial charge is 0.119 e. The highest BCUT2D eigenvalue weighted by Crippen LogP contribution is 2.24. The van der Waals surface area contributed by atoms with E-state index in [2.05, 4.69) is 29.2 Å². The molecule has 2 rings (SSSR count). The van der Waals surface area contributed by atoms with Crippen molar-refractivity contribution in [3.8, 4) is 5.75 Å². The van der Waals surface area contributed by atoms with E-state index >= 15 is 0 Å². The van der Waals surface area contributed by atoms with Gasteiger partial charge in [-0.2, -0.15) is 0 Å². The van der Waals surface area contributed by atoms with Gasteiger partial charge in [-0.15, -0.1) is 0 Å². The maximum atomic E-state index is 5.94. The standard InChI is InChI=1S/C18H23ClN2O/c1-21(2)17-5-3-4-14(12-17)15(13-20)10-11-22-18-8-6-16(19)7-9-18/h3-9,12,15H,10-11,13,20H2,1-2H3. The van der Waals surface area contributed by atoms with E-state index in [1.165, 1.54) is 11.3 Å². The van der Waals surface area contributed by atoms with Gasteiger partial charge in [-0.25, -0.2) is 0 Å². The molecule has 0 aliphatic heterocycles. The third kappa shape index (κ3) is 4.65. The average Bonchev–Trinajstić information content (AvgIpc) is 2.53. The quantitative estimate of drug-likeness (QED) is 0.841. The van der Waals surface area contributed by atoms with E-state index in [1.54, 1.807) is 0 Å². The van der Waals surface area contributed by atoms with Crippen LogP contribution in [0.1, 0.15) is 17.9 Å². The first kappa shape index (κ1) is 16.7. The van der Waals surface area contributed by atoms with Crippen LogP contribution in [0.25, 0.3) is 0 Å². The number of nitrogens with two attached hydrogens (primary N) is 1. The van der Waals surface area contributed by atoms with Crippen LogP contribution in [0, 0.1) is 0 Å². The Labute approximate surface area is 137 Å². The van der Waals surface area contributed by atoms with E-state index in [0.29, 0.717) is 24.1 Å². The van der Waals surface area contributed by atoms with Crippen LogP contribution < -0.4 is 15.4 Å². The molecule has 0 heterocycles. The minimum atomic E-state index is 0.298. The number of anilines is 1. The number of nitrogens with zero attached hydrogens (tertiary/aromatic N) is 1. The van der Waals surface area contributed by atoms with Gasteiger partial charge in [0.25, 0.3) is 0 Å². The van der Waals surface area contributed by atoms with E-state index < -0.39 is 0 Å². The average molecular weight is 319 g/mol. The van der Waals surface area contributed by atoms with Gasteiger partial charge in [-0.05, 0) is 60.8 Å². The van der Waals surface area contributed by atoms with Crippen molar-refractivity contribution in [2.75, 3.05) is 32.1 Å². The lowest BCUT2D eigenvalue weighted by Gasteiger charge is -2.19. The maximum Gasteiger partial charge on any atom is 0.119 e. The van der Waals surface area contributed by atoms with Gasteiger partial charge in [0.1, 0.15) is 5.75 Å². The molecule has 0 bridgehead atoms. The molecule has 0 aliphatic carbocycles. The minimum absolute atomic E-state index is 0.298. The van der Waals surface area contributed by atoms with Crippen molar-refractivity contribution >= 4 is 17.3 Å². The first-order valence-electron chi connectivity index (χ1n) is 7.46. The van der Waals surface area contributed by atoms with E-state index in [1.807, 2.05) is 38.4 Å². The van der Waals surface area contributed by atoms with Crippen molar-refractivity contribution in [2.24, 2.45) is 5.73 Å². The van der Waals surface area contributed by atoms with Gasteiger partial charge in [-0.3, -0.25) is 0 Å². The first-order valence-corrected chi connectivity index (χ1v) is 7.83. The Morgan fingerprint density at radius 3 is 2.50 bits per heavy atom. The van der Waals surface area contributed by atoms with Crippen molar-refractivity contribution in [2.45, 2.75) is 12.3 Å².